The van der Waals surface area contributed by atoms with Gasteiger partial charge in [-0.05, 0) is 0 Å². The molecule has 8 heteroatoms. The maximum absolute atomic E-state index is 13.5. The standard InChI is InChI=1S/C26H20NO6Si/c28-25-19-15-14-18(16-20(19)26(29)27(25)17-8-2-1-3-9-17)34(30-21-10-4-5-11-22(21)31-34)32-23-12-6-7-13-24(23)33-34/h1-14,19-20H,15-16H2/q-1. The van der Waals surface area contributed by atoms with Crippen LogP contribution < -0.4 is 22.6 Å². The number of imide groups is 1. The Morgan fingerprint density at radius 1 is 0.647 bits per heavy atom. The molecule has 0 saturated carbocycles. The van der Waals surface area contributed by atoms with Gasteiger partial charge < -0.3 is 0 Å². The van der Waals surface area contributed by atoms with E-state index in [1.165, 1.54) is 4.90 Å². The van der Waals surface area contributed by atoms with Gasteiger partial charge in [0.25, 0.3) is 0 Å². The van der Waals surface area contributed by atoms with Crippen molar-refractivity contribution >= 4 is 25.8 Å². The van der Waals surface area contributed by atoms with Gasteiger partial charge in [-0.2, -0.15) is 0 Å². The third-order valence-corrected chi connectivity index (χ3v) is 10.7. The van der Waals surface area contributed by atoms with E-state index in [4.69, 9.17) is 17.7 Å². The van der Waals surface area contributed by atoms with E-state index in [1.54, 1.807) is 12.1 Å². The molecule has 7 rings (SSSR count). The van der Waals surface area contributed by atoms with Crippen molar-refractivity contribution in [2.24, 2.45) is 11.8 Å². The van der Waals surface area contributed by atoms with Gasteiger partial charge in [-0.1, -0.05) is 0 Å². The van der Waals surface area contributed by atoms with E-state index in [0.29, 0.717) is 40.3 Å². The summed E-state index contributed by atoms with van der Waals surface area (Å²) in [6, 6.07) is 23.7. The summed E-state index contributed by atoms with van der Waals surface area (Å²) < 4.78 is 26.0. The molecule has 4 aliphatic rings. The molecule has 2 amide bonds. The zero-order valence-corrected chi connectivity index (χ0v) is 19.0. The Labute approximate surface area is 196 Å². The van der Waals surface area contributed by atoms with Crippen LogP contribution in [0.1, 0.15) is 12.8 Å². The molecule has 1 fully saturated rings. The molecule has 0 bridgehead atoms. The van der Waals surface area contributed by atoms with Crippen LogP contribution in [0, 0.1) is 11.8 Å². The molecular weight excluding hydrogens is 450 g/mol. The molecular formula is C26H20NO6Si-. The Kier molecular flexibility index (Phi) is 3.72. The molecule has 2 unspecified atom stereocenters. The number of benzene rings is 3. The number of allylic oxidation sites excluding steroid dienone is 2. The van der Waals surface area contributed by atoms with E-state index < -0.39 is 20.2 Å². The van der Waals surface area contributed by atoms with Gasteiger partial charge in [0.05, 0.1) is 0 Å². The van der Waals surface area contributed by atoms with Crippen molar-refractivity contribution in [1.29, 1.82) is 0 Å². The zero-order chi connectivity index (χ0) is 22.9. The van der Waals surface area contributed by atoms with E-state index in [0.717, 1.165) is 0 Å². The van der Waals surface area contributed by atoms with Crippen LogP contribution in [0.3, 0.4) is 0 Å². The van der Waals surface area contributed by atoms with Gasteiger partial charge in [-0.3, -0.25) is 0 Å². The summed E-state index contributed by atoms with van der Waals surface area (Å²) in [7, 11) is -4.70. The molecule has 7 nitrogen and oxygen atoms in total. The minimum absolute atomic E-state index is 0.181. The first kappa shape index (κ1) is 19.4. The second-order valence-electron chi connectivity index (χ2n) is 8.94. The molecule has 2 atom stereocenters. The van der Waals surface area contributed by atoms with Crippen molar-refractivity contribution in [1.82, 2.24) is 0 Å². The summed E-state index contributed by atoms with van der Waals surface area (Å²) in [6.45, 7) is 0. The van der Waals surface area contributed by atoms with Crippen molar-refractivity contribution < 1.29 is 27.3 Å². The molecule has 0 radical (unpaired) electrons. The molecule has 3 aromatic rings. The number of rotatable bonds is 2. The van der Waals surface area contributed by atoms with Gasteiger partial charge in [-0.25, -0.2) is 0 Å². The summed E-state index contributed by atoms with van der Waals surface area (Å²) >= 11 is 0. The fourth-order valence-corrected chi connectivity index (χ4v) is 9.39. The third-order valence-electron chi connectivity index (χ3n) is 7.00. The maximum atomic E-state index is 13.5. The number of para-hydroxylation sites is 5. The number of hydrogen-bond donors (Lipinski definition) is 0. The predicted molar refractivity (Wildman–Crippen MR) is 124 cm³/mol. The van der Waals surface area contributed by atoms with Crippen LogP contribution in [0.15, 0.2) is 90.1 Å². The van der Waals surface area contributed by atoms with Gasteiger partial charge in [0.15, 0.2) is 0 Å². The molecule has 0 N–H and O–H groups in total. The van der Waals surface area contributed by atoms with Crippen molar-refractivity contribution in [2.45, 2.75) is 12.8 Å². The van der Waals surface area contributed by atoms with Crippen molar-refractivity contribution in [2.75, 3.05) is 4.90 Å². The topological polar surface area (TPSA) is 74.3 Å². The molecule has 3 aliphatic heterocycles. The van der Waals surface area contributed by atoms with Crippen molar-refractivity contribution in [3.05, 3.63) is 90.1 Å². The summed E-state index contributed by atoms with van der Waals surface area (Å²) in [5.74, 6) is 0.756. The van der Waals surface area contributed by atoms with E-state index in [1.807, 2.05) is 72.8 Å². The Hall–Kier alpha value is -4.04. The number of anilines is 1. The molecule has 3 heterocycles. The second-order valence-corrected chi connectivity index (χ2v) is 12.2. The number of amides is 2. The van der Waals surface area contributed by atoms with Crippen LogP contribution in [0.5, 0.6) is 23.0 Å². The first-order valence-corrected chi connectivity index (χ1v) is 13.4. The molecule has 1 aliphatic carbocycles. The predicted octanol–water partition coefficient (Wildman–Crippen LogP) is 4.38. The number of hydrogen-bond acceptors (Lipinski definition) is 6. The van der Waals surface area contributed by atoms with Gasteiger partial charge in [0.2, 0.25) is 0 Å². The second kappa shape index (κ2) is 6.51. The van der Waals surface area contributed by atoms with E-state index >= 15 is 0 Å². The molecule has 3 aromatic carbocycles. The summed E-state index contributed by atoms with van der Waals surface area (Å²) in [6.07, 6.45) is 2.56. The van der Waals surface area contributed by atoms with Crippen molar-refractivity contribution in [3.63, 3.8) is 0 Å². The van der Waals surface area contributed by atoms with Gasteiger partial charge >= 0.3 is 196 Å². The van der Waals surface area contributed by atoms with Crippen LogP contribution in [-0.2, 0) is 9.59 Å². The first-order chi connectivity index (χ1) is 16.6. The third kappa shape index (κ3) is 2.46. The Balaban J connectivity index is 1.30. The average molecular weight is 471 g/mol. The van der Waals surface area contributed by atoms with Crippen LogP contribution in [0.2, 0.25) is 0 Å². The monoisotopic (exact) mass is 470 g/mol. The quantitative estimate of drug-likeness (QED) is 0.409. The SMILES string of the molecule is O=C1C2CC=C([Si-]34(Oc5ccccc5O3)Oc3ccccc3O4)CC2C(=O)N1c1ccccc1. The van der Waals surface area contributed by atoms with E-state index in [2.05, 4.69) is 0 Å². The van der Waals surface area contributed by atoms with Crippen LogP contribution in [0.25, 0.3) is 0 Å². The van der Waals surface area contributed by atoms with Gasteiger partial charge in [0.1, 0.15) is 0 Å². The molecule has 170 valence electrons. The van der Waals surface area contributed by atoms with E-state index in [-0.39, 0.29) is 18.2 Å². The molecule has 1 saturated heterocycles. The number of fused-ring (bicyclic) bond motifs is 3. The number of carbonyl (C=O) groups is 2. The van der Waals surface area contributed by atoms with Gasteiger partial charge in [-0.15, -0.1) is 0 Å². The Morgan fingerprint density at radius 2 is 1.12 bits per heavy atom. The minimum atomic E-state index is -4.70. The molecule has 0 aromatic heterocycles. The van der Waals surface area contributed by atoms with Crippen LogP contribution >= 0.6 is 0 Å². The number of carbonyl (C=O) groups excluding carboxylic acids is 2. The zero-order valence-electron chi connectivity index (χ0n) is 18.0. The van der Waals surface area contributed by atoms with E-state index in [9.17, 15) is 9.59 Å². The van der Waals surface area contributed by atoms with Crippen LogP contribution in [-0.4, -0.2) is 20.1 Å². The summed E-state index contributed by atoms with van der Waals surface area (Å²) in [5, 5.41) is 0.671. The Morgan fingerprint density at radius 3 is 1.65 bits per heavy atom. The first-order valence-electron chi connectivity index (χ1n) is 11.3. The number of nitrogens with zero attached hydrogens (tertiary/aromatic N) is 1. The Bertz CT molecular complexity index is 1290. The van der Waals surface area contributed by atoms with Crippen LogP contribution in [0.4, 0.5) is 5.69 Å². The average Bonchev–Trinajstić information content (AvgIpc) is 3.47. The fraction of sp³-hybridized carbons (Fsp3) is 0.154. The molecule has 34 heavy (non-hydrogen) atoms. The molecule has 1 spiro atoms. The normalized spacial score (nSPS) is 26.1. The fourth-order valence-electron chi connectivity index (χ4n) is 5.42. The van der Waals surface area contributed by atoms with Gasteiger partial charge in [0, 0.05) is 0 Å². The van der Waals surface area contributed by atoms with Crippen molar-refractivity contribution in [3.8, 4) is 23.0 Å². The summed E-state index contributed by atoms with van der Waals surface area (Å²) in [5.41, 5.74) is 0.585. The summed E-state index contributed by atoms with van der Waals surface area (Å²) in [4.78, 5) is 28.0.